The molecule has 0 aliphatic rings. The van der Waals surface area contributed by atoms with E-state index < -0.39 is 0 Å². The van der Waals surface area contributed by atoms with Gasteiger partial charge in [0, 0.05) is 12.5 Å². The van der Waals surface area contributed by atoms with E-state index in [9.17, 15) is 0 Å². The van der Waals surface area contributed by atoms with Gasteiger partial charge in [-0.1, -0.05) is 25.1 Å². The van der Waals surface area contributed by atoms with Gasteiger partial charge in [-0.2, -0.15) is 4.98 Å². The molecule has 0 aliphatic carbocycles. The van der Waals surface area contributed by atoms with Gasteiger partial charge in [0.15, 0.2) is 18.1 Å². The van der Waals surface area contributed by atoms with Gasteiger partial charge >= 0.3 is 0 Å². The number of hydrogen-bond acceptors (Lipinski definition) is 6. The van der Waals surface area contributed by atoms with Crippen molar-refractivity contribution < 1.29 is 14.0 Å². The van der Waals surface area contributed by atoms with Gasteiger partial charge in [0.1, 0.15) is 0 Å². The second kappa shape index (κ2) is 6.38. The average molecular weight is 277 g/mol. The van der Waals surface area contributed by atoms with Crippen molar-refractivity contribution >= 4 is 0 Å². The molecule has 0 fully saturated rings. The lowest BCUT2D eigenvalue weighted by atomic mass is 10.2. The first-order valence-corrected chi connectivity index (χ1v) is 6.46. The van der Waals surface area contributed by atoms with E-state index in [-0.39, 0.29) is 12.5 Å². The number of nitrogens with two attached hydrogens (primary N) is 1. The summed E-state index contributed by atoms with van der Waals surface area (Å²) in [6, 6.07) is 5.58. The highest BCUT2D eigenvalue weighted by molar-refractivity contribution is 5.42. The zero-order valence-electron chi connectivity index (χ0n) is 11.9. The van der Waals surface area contributed by atoms with Crippen LogP contribution in [0.1, 0.15) is 37.0 Å². The van der Waals surface area contributed by atoms with Gasteiger partial charge < -0.3 is 19.7 Å². The van der Waals surface area contributed by atoms with Crippen LogP contribution in [0.15, 0.2) is 22.7 Å². The van der Waals surface area contributed by atoms with Crippen molar-refractivity contribution in [3.63, 3.8) is 0 Å². The summed E-state index contributed by atoms with van der Waals surface area (Å²) >= 11 is 0. The molecule has 1 heterocycles. The van der Waals surface area contributed by atoms with Crippen molar-refractivity contribution in [1.82, 2.24) is 10.1 Å². The van der Waals surface area contributed by atoms with Gasteiger partial charge in [0.25, 0.3) is 0 Å². The van der Waals surface area contributed by atoms with Crippen LogP contribution >= 0.6 is 0 Å². The molecule has 2 aromatic rings. The SMILES string of the molecule is COc1ccc(CN)cc1OCc1noc(C(C)C)n1. The average Bonchev–Trinajstić information content (AvgIpc) is 2.93. The van der Waals surface area contributed by atoms with E-state index in [0.29, 0.717) is 29.8 Å². The molecule has 0 unspecified atom stereocenters. The van der Waals surface area contributed by atoms with E-state index in [1.165, 1.54) is 0 Å². The first kappa shape index (κ1) is 14.3. The van der Waals surface area contributed by atoms with Crippen molar-refractivity contribution in [2.75, 3.05) is 7.11 Å². The monoisotopic (exact) mass is 277 g/mol. The molecule has 2 N–H and O–H groups in total. The van der Waals surface area contributed by atoms with Gasteiger partial charge in [0.2, 0.25) is 11.7 Å². The minimum atomic E-state index is 0.200. The summed E-state index contributed by atoms with van der Waals surface area (Å²) in [7, 11) is 1.59. The lowest BCUT2D eigenvalue weighted by molar-refractivity contribution is 0.268. The third kappa shape index (κ3) is 3.27. The molecular formula is C14H19N3O3. The van der Waals surface area contributed by atoms with Crippen LogP contribution in [0.5, 0.6) is 11.5 Å². The lowest BCUT2D eigenvalue weighted by Crippen LogP contribution is -2.02. The molecule has 0 bridgehead atoms. The van der Waals surface area contributed by atoms with E-state index >= 15 is 0 Å². The molecule has 0 aliphatic heterocycles. The minimum absolute atomic E-state index is 0.200. The smallest absolute Gasteiger partial charge is 0.229 e. The van der Waals surface area contributed by atoms with Gasteiger partial charge in [-0.3, -0.25) is 0 Å². The number of benzene rings is 1. The zero-order chi connectivity index (χ0) is 14.5. The number of methoxy groups -OCH3 is 1. The number of nitrogens with zero attached hydrogens (tertiary/aromatic N) is 2. The van der Waals surface area contributed by atoms with Gasteiger partial charge in [0.05, 0.1) is 7.11 Å². The third-order valence-electron chi connectivity index (χ3n) is 2.80. The summed E-state index contributed by atoms with van der Waals surface area (Å²) < 4.78 is 16.1. The van der Waals surface area contributed by atoms with Crippen molar-refractivity contribution in [3.8, 4) is 11.5 Å². The molecule has 0 amide bonds. The van der Waals surface area contributed by atoms with Gasteiger partial charge in [-0.25, -0.2) is 0 Å². The molecule has 2 rings (SSSR count). The zero-order valence-corrected chi connectivity index (χ0v) is 11.9. The standard InChI is InChI=1S/C14H19N3O3/c1-9(2)14-16-13(17-20-14)8-19-12-6-10(7-15)4-5-11(12)18-3/h4-6,9H,7-8,15H2,1-3H3. The summed E-state index contributed by atoms with van der Waals surface area (Å²) in [5, 5.41) is 3.87. The molecule has 0 radical (unpaired) electrons. The summed E-state index contributed by atoms with van der Waals surface area (Å²) in [5.41, 5.74) is 6.59. The summed E-state index contributed by atoms with van der Waals surface area (Å²) in [6.07, 6.45) is 0. The minimum Gasteiger partial charge on any atom is -0.493 e. The molecular weight excluding hydrogens is 258 g/mol. The highest BCUT2D eigenvalue weighted by Gasteiger charge is 2.12. The molecule has 0 spiro atoms. The predicted octanol–water partition coefficient (Wildman–Crippen LogP) is 2.24. The van der Waals surface area contributed by atoms with E-state index in [4.69, 9.17) is 19.7 Å². The summed E-state index contributed by atoms with van der Waals surface area (Å²) in [4.78, 5) is 4.25. The van der Waals surface area contributed by atoms with Crippen molar-refractivity contribution in [1.29, 1.82) is 0 Å². The molecule has 6 nitrogen and oxygen atoms in total. The van der Waals surface area contributed by atoms with Crippen molar-refractivity contribution in [3.05, 3.63) is 35.5 Å². The Morgan fingerprint density at radius 3 is 2.70 bits per heavy atom. The first-order valence-electron chi connectivity index (χ1n) is 6.46. The van der Waals surface area contributed by atoms with Crippen LogP contribution in [0.25, 0.3) is 0 Å². The fourth-order valence-electron chi connectivity index (χ4n) is 1.66. The van der Waals surface area contributed by atoms with Crippen LogP contribution in [0.2, 0.25) is 0 Å². The van der Waals surface area contributed by atoms with E-state index in [0.717, 1.165) is 5.56 Å². The van der Waals surface area contributed by atoms with Crippen LogP contribution in [0.4, 0.5) is 0 Å². The van der Waals surface area contributed by atoms with Crippen LogP contribution in [0, 0.1) is 0 Å². The molecule has 108 valence electrons. The Kier molecular flexibility index (Phi) is 4.57. The predicted molar refractivity (Wildman–Crippen MR) is 73.6 cm³/mol. The number of rotatable bonds is 6. The van der Waals surface area contributed by atoms with E-state index in [2.05, 4.69) is 10.1 Å². The van der Waals surface area contributed by atoms with Crippen molar-refractivity contribution in [2.24, 2.45) is 5.73 Å². The largest absolute Gasteiger partial charge is 0.493 e. The lowest BCUT2D eigenvalue weighted by Gasteiger charge is -2.10. The molecule has 0 saturated heterocycles. The maximum atomic E-state index is 5.68. The molecule has 0 saturated carbocycles. The normalized spacial score (nSPS) is 10.8. The second-order valence-electron chi connectivity index (χ2n) is 4.68. The van der Waals surface area contributed by atoms with Crippen LogP contribution in [-0.2, 0) is 13.2 Å². The summed E-state index contributed by atoms with van der Waals surface area (Å²) in [6.45, 7) is 4.65. The fourth-order valence-corrected chi connectivity index (χ4v) is 1.66. The maximum absolute atomic E-state index is 5.68. The Balaban J connectivity index is 2.09. The number of aromatic nitrogens is 2. The molecule has 0 atom stereocenters. The fraction of sp³-hybridized carbons (Fsp3) is 0.429. The number of hydrogen-bond donors (Lipinski definition) is 1. The Bertz CT molecular complexity index is 567. The van der Waals surface area contributed by atoms with Crippen molar-refractivity contribution in [2.45, 2.75) is 32.9 Å². The number of ether oxygens (including phenoxy) is 2. The molecule has 20 heavy (non-hydrogen) atoms. The summed E-state index contributed by atoms with van der Waals surface area (Å²) in [5.74, 6) is 2.58. The van der Waals surface area contributed by atoms with Crippen LogP contribution in [0.3, 0.4) is 0 Å². The topological polar surface area (TPSA) is 83.4 Å². The van der Waals surface area contributed by atoms with Gasteiger partial charge in [-0.15, -0.1) is 0 Å². The highest BCUT2D eigenvalue weighted by atomic mass is 16.5. The van der Waals surface area contributed by atoms with Gasteiger partial charge in [-0.05, 0) is 17.7 Å². The Labute approximate surface area is 117 Å². The quantitative estimate of drug-likeness (QED) is 0.871. The van der Waals surface area contributed by atoms with Crippen LogP contribution < -0.4 is 15.2 Å². The Morgan fingerprint density at radius 2 is 2.10 bits per heavy atom. The second-order valence-corrected chi connectivity index (χ2v) is 4.68. The van der Waals surface area contributed by atoms with E-state index in [1.807, 2.05) is 32.0 Å². The maximum Gasteiger partial charge on any atom is 0.229 e. The highest BCUT2D eigenvalue weighted by Crippen LogP contribution is 2.28. The Hall–Kier alpha value is -2.08. The molecule has 1 aromatic heterocycles. The first-order chi connectivity index (χ1) is 9.63. The Morgan fingerprint density at radius 1 is 1.30 bits per heavy atom. The van der Waals surface area contributed by atoms with Crippen LogP contribution in [-0.4, -0.2) is 17.3 Å². The molecule has 1 aromatic carbocycles. The molecule has 6 heteroatoms. The van der Waals surface area contributed by atoms with E-state index in [1.54, 1.807) is 7.11 Å². The third-order valence-corrected chi connectivity index (χ3v) is 2.80.